The molecule has 6 nitrogen and oxygen atoms in total. The van der Waals surface area contributed by atoms with Crippen LogP contribution in [0.2, 0.25) is 0 Å². The van der Waals surface area contributed by atoms with Gasteiger partial charge >= 0.3 is 0 Å². The Balaban J connectivity index is -0.000000226. The molecule has 0 atom stereocenters. The molecular formula is C14H31N5O. The summed E-state index contributed by atoms with van der Waals surface area (Å²) in [6.07, 6.45) is 4.21. The maximum absolute atomic E-state index is 6.46. The van der Waals surface area contributed by atoms with E-state index in [1.807, 2.05) is 48.0 Å². The Hall–Kier alpha value is -1.82. The molecule has 1 heterocycles. The Morgan fingerprint density at radius 3 is 2.10 bits per heavy atom. The summed E-state index contributed by atoms with van der Waals surface area (Å²) in [6.45, 7) is 6.86. The van der Waals surface area contributed by atoms with Gasteiger partial charge in [-0.2, -0.15) is 0 Å². The van der Waals surface area contributed by atoms with Crippen molar-refractivity contribution in [2.45, 2.75) is 27.3 Å². The molecule has 0 spiro atoms. The highest BCUT2D eigenvalue weighted by molar-refractivity contribution is 5.50. The maximum atomic E-state index is 6.46. The van der Waals surface area contributed by atoms with Crippen LogP contribution in [0.25, 0.3) is 0 Å². The fourth-order valence-corrected chi connectivity index (χ4v) is 0.785. The number of nitrogens with zero attached hydrogens (tertiary/aromatic N) is 2. The largest absolute Gasteiger partial charge is 0.469 e. The van der Waals surface area contributed by atoms with E-state index in [2.05, 4.69) is 10.3 Å². The first-order valence-electron chi connectivity index (χ1n) is 6.50. The number of nitrogens with one attached hydrogen (secondary N) is 2. The topological polar surface area (TPSA) is 90.6 Å². The molecule has 1 rings (SSSR count). The zero-order valence-electron chi connectivity index (χ0n) is 13.9. The monoisotopic (exact) mass is 285 g/mol. The molecule has 0 bridgehead atoms. The Labute approximate surface area is 123 Å². The molecule has 0 aliphatic rings. The van der Waals surface area contributed by atoms with Crippen molar-refractivity contribution in [2.24, 2.45) is 10.7 Å². The molecule has 1 aromatic rings. The molecule has 0 aliphatic carbocycles. The molecule has 6 heteroatoms. The van der Waals surface area contributed by atoms with E-state index in [-0.39, 0.29) is 0 Å². The SMILES string of the molecule is CC.CN(C)C=N.CN=CN.CNCc1ccoc1C. The summed E-state index contributed by atoms with van der Waals surface area (Å²) in [7, 11) is 7.17. The van der Waals surface area contributed by atoms with Gasteiger partial charge in [0.2, 0.25) is 0 Å². The number of aryl methyl sites for hydroxylation is 1. The molecule has 0 fully saturated rings. The van der Waals surface area contributed by atoms with Gasteiger partial charge in [-0.3, -0.25) is 10.4 Å². The number of hydrogen-bond donors (Lipinski definition) is 3. The van der Waals surface area contributed by atoms with E-state index >= 15 is 0 Å². The third-order valence-electron chi connectivity index (χ3n) is 1.74. The number of nitrogens with two attached hydrogens (primary N) is 1. The lowest BCUT2D eigenvalue weighted by Crippen LogP contribution is -2.05. The van der Waals surface area contributed by atoms with Gasteiger partial charge in [0.05, 0.1) is 18.9 Å². The van der Waals surface area contributed by atoms with Crippen LogP contribution in [0.1, 0.15) is 25.2 Å². The maximum Gasteiger partial charge on any atom is 0.105 e. The molecule has 0 aliphatic heterocycles. The predicted octanol–water partition coefficient (Wildman–Crippen LogP) is 2.09. The van der Waals surface area contributed by atoms with Crippen LogP contribution in [0.5, 0.6) is 0 Å². The van der Waals surface area contributed by atoms with Crippen molar-refractivity contribution in [3.63, 3.8) is 0 Å². The molecular weight excluding hydrogens is 254 g/mol. The van der Waals surface area contributed by atoms with Crippen LogP contribution >= 0.6 is 0 Å². The zero-order chi connectivity index (χ0) is 16.4. The molecule has 0 amide bonds. The number of furan rings is 1. The summed E-state index contributed by atoms with van der Waals surface area (Å²) >= 11 is 0. The second-order valence-electron chi connectivity index (χ2n) is 3.53. The molecule has 1 aromatic heterocycles. The Bertz CT molecular complexity index is 317. The lowest BCUT2D eigenvalue weighted by Gasteiger charge is -1.96. The molecule has 118 valence electrons. The number of rotatable bonds is 3. The van der Waals surface area contributed by atoms with Gasteiger partial charge in [0.15, 0.2) is 0 Å². The highest BCUT2D eigenvalue weighted by Gasteiger charge is 1.96. The van der Waals surface area contributed by atoms with Crippen molar-refractivity contribution >= 4 is 12.7 Å². The molecule has 0 radical (unpaired) electrons. The highest BCUT2D eigenvalue weighted by Crippen LogP contribution is 2.06. The Morgan fingerprint density at radius 1 is 1.45 bits per heavy atom. The van der Waals surface area contributed by atoms with Crippen LogP contribution < -0.4 is 11.1 Å². The van der Waals surface area contributed by atoms with Crippen LogP contribution in [0.15, 0.2) is 21.7 Å². The van der Waals surface area contributed by atoms with Gasteiger partial charge in [-0.1, -0.05) is 13.8 Å². The van der Waals surface area contributed by atoms with E-state index in [1.165, 1.54) is 18.2 Å². The Kier molecular flexibility index (Phi) is 22.7. The minimum atomic E-state index is 0.891. The van der Waals surface area contributed by atoms with Gasteiger partial charge in [0.1, 0.15) is 5.76 Å². The quantitative estimate of drug-likeness (QED) is 0.586. The molecule has 0 aromatic carbocycles. The normalized spacial score (nSPS) is 8.35. The van der Waals surface area contributed by atoms with Crippen LogP contribution in [-0.4, -0.2) is 45.8 Å². The molecule has 20 heavy (non-hydrogen) atoms. The van der Waals surface area contributed by atoms with Crippen molar-refractivity contribution in [1.29, 1.82) is 5.41 Å². The summed E-state index contributed by atoms with van der Waals surface area (Å²) in [4.78, 5) is 5.06. The van der Waals surface area contributed by atoms with Gasteiger partial charge < -0.3 is 20.4 Å². The number of aliphatic imine (C=N–C) groups is 1. The van der Waals surface area contributed by atoms with Gasteiger partial charge in [-0.05, 0) is 20.0 Å². The summed E-state index contributed by atoms with van der Waals surface area (Å²) in [5, 5.41) is 9.51. The minimum Gasteiger partial charge on any atom is -0.469 e. The van der Waals surface area contributed by atoms with Gasteiger partial charge in [0, 0.05) is 33.3 Å². The number of hydrogen-bond acceptors (Lipinski definition) is 4. The van der Waals surface area contributed by atoms with E-state index in [4.69, 9.17) is 15.6 Å². The van der Waals surface area contributed by atoms with Crippen LogP contribution in [-0.2, 0) is 6.54 Å². The van der Waals surface area contributed by atoms with Gasteiger partial charge in [-0.25, -0.2) is 0 Å². The van der Waals surface area contributed by atoms with Crippen molar-refractivity contribution in [2.75, 3.05) is 28.2 Å². The van der Waals surface area contributed by atoms with Crippen molar-refractivity contribution < 1.29 is 4.42 Å². The van der Waals surface area contributed by atoms with E-state index in [9.17, 15) is 0 Å². The fraction of sp³-hybridized carbons (Fsp3) is 0.571. The van der Waals surface area contributed by atoms with Crippen molar-refractivity contribution in [3.8, 4) is 0 Å². The van der Waals surface area contributed by atoms with Crippen LogP contribution in [0, 0.1) is 12.3 Å². The molecule has 4 N–H and O–H groups in total. The third-order valence-corrected chi connectivity index (χ3v) is 1.74. The fourth-order valence-electron chi connectivity index (χ4n) is 0.785. The summed E-state index contributed by atoms with van der Waals surface area (Å²) in [6, 6.07) is 1.98. The van der Waals surface area contributed by atoms with Gasteiger partial charge in [-0.15, -0.1) is 0 Å². The van der Waals surface area contributed by atoms with Crippen molar-refractivity contribution in [3.05, 3.63) is 23.7 Å². The zero-order valence-corrected chi connectivity index (χ0v) is 13.9. The molecule has 0 saturated carbocycles. The average Bonchev–Trinajstić information content (AvgIpc) is 2.88. The minimum absolute atomic E-state index is 0.891. The standard InChI is InChI=1S/C7H11NO.C3H8N2.C2H6N2.C2H6/c1-6-7(5-8-2)3-4-9-6;1-5(2)3-4;1-4-2-3;1-2/h3-4,8H,5H2,1-2H3;3-4H,1-2H3;2H,1H3,(H2,3,4);1-2H3. The lowest BCUT2D eigenvalue weighted by atomic mass is 10.3. The Morgan fingerprint density at radius 2 is 1.90 bits per heavy atom. The predicted molar refractivity (Wildman–Crippen MR) is 88.6 cm³/mol. The third kappa shape index (κ3) is 18.5. The first-order chi connectivity index (χ1) is 9.53. The highest BCUT2D eigenvalue weighted by atomic mass is 16.3. The second kappa shape index (κ2) is 19.5. The van der Waals surface area contributed by atoms with E-state index in [0.717, 1.165) is 12.3 Å². The summed E-state index contributed by atoms with van der Waals surface area (Å²) in [5.41, 5.74) is 5.97. The lowest BCUT2D eigenvalue weighted by molar-refractivity contribution is 0.528. The molecule has 0 saturated heterocycles. The molecule has 0 unspecified atom stereocenters. The average molecular weight is 285 g/mol. The van der Waals surface area contributed by atoms with E-state index in [0.29, 0.717) is 0 Å². The second-order valence-corrected chi connectivity index (χ2v) is 3.53. The van der Waals surface area contributed by atoms with E-state index < -0.39 is 0 Å². The van der Waals surface area contributed by atoms with Crippen molar-refractivity contribution in [1.82, 2.24) is 10.2 Å². The van der Waals surface area contributed by atoms with Crippen LogP contribution in [0.3, 0.4) is 0 Å². The first kappa shape index (κ1) is 23.3. The smallest absolute Gasteiger partial charge is 0.105 e. The summed E-state index contributed by atoms with van der Waals surface area (Å²) < 4.78 is 5.08. The van der Waals surface area contributed by atoms with E-state index in [1.54, 1.807) is 18.2 Å². The summed E-state index contributed by atoms with van der Waals surface area (Å²) in [5.74, 6) is 1.00. The first-order valence-corrected chi connectivity index (χ1v) is 6.50. The van der Waals surface area contributed by atoms with Crippen LogP contribution in [0.4, 0.5) is 0 Å². The van der Waals surface area contributed by atoms with Gasteiger partial charge in [0.25, 0.3) is 0 Å².